The van der Waals surface area contributed by atoms with Crippen molar-refractivity contribution in [2.75, 3.05) is 6.54 Å². The maximum atomic E-state index is 5.03. The van der Waals surface area contributed by atoms with E-state index >= 15 is 0 Å². The summed E-state index contributed by atoms with van der Waals surface area (Å²) in [6.45, 7) is 2.88. The molecular formula is C3H10NNa. The number of nitrogens with two attached hydrogens (primary N) is 1. The Morgan fingerprint density at radius 1 is 1.60 bits per heavy atom. The van der Waals surface area contributed by atoms with Crippen molar-refractivity contribution in [1.29, 1.82) is 0 Å². The van der Waals surface area contributed by atoms with Gasteiger partial charge in [0.2, 0.25) is 0 Å². The SMILES string of the molecule is CCCN.[NaH]. The predicted molar refractivity (Wildman–Crippen MR) is 26.5 cm³/mol. The Hall–Kier alpha value is 0.960. The van der Waals surface area contributed by atoms with Gasteiger partial charge < -0.3 is 5.73 Å². The molecule has 0 rings (SSSR count). The summed E-state index contributed by atoms with van der Waals surface area (Å²) in [6, 6.07) is 0. The molecule has 28 valence electrons. The second-order valence-electron chi connectivity index (χ2n) is 0.789. The molecule has 0 spiro atoms. The van der Waals surface area contributed by atoms with Crippen LogP contribution in [0.5, 0.6) is 0 Å². The van der Waals surface area contributed by atoms with Crippen molar-refractivity contribution in [2.24, 2.45) is 5.73 Å². The standard InChI is InChI=1S/C3H9N.Na.H/c1-2-3-4;;/h2-4H2,1H3;;. The minimum atomic E-state index is 0. The topological polar surface area (TPSA) is 26.0 Å². The Kier molecular flexibility index (Phi) is 16.6. The number of hydrogen-bond acceptors (Lipinski definition) is 1. The van der Waals surface area contributed by atoms with Crippen molar-refractivity contribution in [3.05, 3.63) is 0 Å². The molecule has 0 aromatic carbocycles. The Labute approximate surface area is 55.2 Å². The van der Waals surface area contributed by atoms with Gasteiger partial charge in [-0.25, -0.2) is 0 Å². The van der Waals surface area contributed by atoms with Gasteiger partial charge in [-0.3, -0.25) is 0 Å². The van der Waals surface area contributed by atoms with Gasteiger partial charge in [-0.1, -0.05) is 6.92 Å². The monoisotopic (exact) mass is 83.1 g/mol. The minimum absolute atomic E-state index is 0. The van der Waals surface area contributed by atoms with E-state index in [9.17, 15) is 0 Å². The van der Waals surface area contributed by atoms with E-state index in [0.717, 1.165) is 13.0 Å². The Balaban J connectivity index is 0. The molecule has 2 N–H and O–H groups in total. The Bertz CT molecular complexity index is 8.85. The van der Waals surface area contributed by atoms with Crippen molar-refractivity contribution in [1.82, 2.24) is 0 Å². The quantitative estimate of drug-likeness (QED) is 0.433. The summed E-state index contributed by atoms with van der Waals surface area (Å²) in [5, 5.41) is 0. The van der Waals surface area contributed by atoms with Crippen molar-refractivity contribution in [3.63, 3.8) is 0 Å². The van der Waals surface area contributed by atoms with Gasteiger partial charge in [-0.05, 0) is 13.0 Å². The fraction of sp³-hybridized carbons (Fsp3) is 1.00. The van der Waals surface area contributed by atoms with E-state index in [1.54, 1.807) is 0 Å². The van der Waals surface area contributed by atoms with Crippen molar-refractivity contribution >= 4 is 29.6 Å². The maximum absolute atomic E-state index is 5.03. The van der Waals surface area contributed by atoms with Gasteiger partial charge >= 0.3 is 29.6 Å². The predicted octanol–water partition coefficient (Wildman–Crippen LogP) is -0.293. The summed E-state index contributed by atoms with van der Waals surface area (Å²) >= 11 is 0. The zero-order valence-corrected chi connectivity index (χ0v) is 2.99. The zero-order chi connectivity index (χ0) is 3.41. The molecule has 0 aromatic rings. The summed E-state index contributed by atoms with van der Waals surface area (Å²) in [6.07, 6.45) is 1.10. The van der Waals surface area contributed by atoms with Crippen LogP contribution in [0, 0.1) is 0 Å². The van der Waals surface area contributed by atoms with Crippen LogP contribution in [0.4, 0.5) is 0 Å². The molecule has 0 heterocycles. The van der Waals surface area contributed by atoms with Crippen LogP contribution >= 0.6 is 0 Å². The van der Waals surface area contributed by atoms with Crippen LogP contribution in [0.1, 0.15) is 13.3 Å². The molecular weight excluding hydrogens is 73.0 g/mol. The first-order valence-electron chi connectivity index (χ1n) is 1.62. The van der Waals surface area contributed by atoms with Gasteiger partial charge in [-0.2, -0.15) is 0 Å². The van der Waals surface area contributed by atoms with E-state index in [2.05, 4.69) is 6.92 Å². The van der Waals surface area contributed by atoms with Gasteiger partial charge in [-0.15, -0.1) is 0 Å². The molecule has 0 radical (unpaired) electrons. The number of hydrogen-bond donors (Lipinski definition) is 1. The van der Waals surface area contributed by atoms with Crippen LogP contribution in [0.3, 0.4) is 0 Å². The molecule has 0 aliphatic heterocycles. The van der Waals surface area contributed by atoms with Gasteiger partial charge in [0, 0.05) is 0 Å². The third kappa shape index (κ3) is 11.3. The molecule has 0 aliphatic rings. The third-order valence-corrected chi connectivity index (χ3v) is 0.289. The molecule has 0 fully saturated rings. The van der Waals surface area contributed by atoms with Crippen LogP contribution in [0.2, 0.25) is 0 Å². The molecule has 2 heteroatoms. The molecule has 0 bridgehead atoms. The summed E-state index contributed by atoms with van der Waals surface area (Å²) in [5.41, 5.74) is 5.03. The first kappa shape index (κ1) is 9.35. The van der Waals surface area contributed by atoms with Crippen LogP contribution in [-0.4, -0.2) is 36.1 Å². The van der Waals surface area contributed by atoms with Crippen molar-refractivity contribution < 1.29 is 0 Å². The first-order chi connectivity index (χ1) is 1.91. The molecule has 0 aliphatic carbocycles. The van der Waals surface area contributed by atoms with E-state index in [4.69, 9.17) is 5.73 Å². The summed E-state index contributed by atoms with van der Waals surface area (Å²) in [5.74, 6) is 0. The van der Waals surface area contributed by atoms with Crippen LogP contribution in [-0.2, 0) is 0 Å². The summed E-state index contributed by atoms with van der Waals surface area (Å²) < 4.78 is 0. The summed E-state index contributed by atoms with van der Waals surface area (Å²) in [7, 11) is 0. The fourth-order valence-electron chi connectivity index (χ4n) is 0. The molecule has 0 saturated carbocycles. The van der Waals surface area contributed by atoms with Crippen LogP contribution in [0.15, 0.2) is 0 Å². The van der Waals surface area contributed by atoms with E-state index in [-0.39, 0.29) is 29.6 Å². The average molecular weight is 83.1 g/mol. The van der Waals surface area contributed by atoms with E-state index in [1.807, 2.05) is 0 Å². The second kappa shape index (κ2) is 8.88. The molecule has 0 amide bonds. The van der Waals surface area contributed by atoms with E-state index in [1.165, 1.54) is 0 Å². The van der Waals surface area contributed by atoms with Crippen LogP contribution in [0.25, 0.3) is 0 Å². The molecule has 0 unspecified atom stereocenters. The Morgan fingerprint density at radius 2 is 1.80 bits per heavy atom. The van der Waals surface area contributed by atoms with Crippen molar-refractivity contribution in [2.45, 2.75) is 13.3 Å². The normalized spacial score (nSPS) is 6.00. The van der Waals surface area contributed by atoms with Gasteiger partial charge in [0.25, 0.3) is 0 Å². The zero-order valence-electron chi connectivity index (χ0n) is 2.99. The van der Waals surface area contributed by atoms with Gasteiger partial charge in [0.05, 0.1) is 0 Å². The second-order valence-corrected chi connectivity index (χ2v) is 0.789. The average Bonchev–Trinajstić information content (AvgIpc) is 1.37. The Morgan fingerprint density at radius 3 is 1.80 bits per heavy atom. The number of rotatable bonds is 1. The molecule has 5 heavy (non-hydrogen) atoms. The van der Waals surface area contributed by atoms with E-state index in [0.29, 0.717) is 0 Å². The van der Waals surface area contributed by atoms with Gasteiger partial charge in [0.1, 0.15) is 0 Å². The molecule has 1 nitrogen and oxygen atoms in total. The van der Waals surface area contributed by atoms with E-state index < -0.39 is 0 Å². The third-order valence-electron chi connectivity index (χ3n) is 0.289. The van der Waals surface area contributed by atoms with Crippen LogP contribution < -0.4 is 5.73 Å². The van der Waals surface area contributed by atoms with Crippen molar-refractivity contribution in [3.8, 4) is 0 Å². The fourth-order valence-corrected chi connectivity index (χ4v) is 0. The molecule has 0 saturated heterocycles. The summed E-state index contributed by atoms with van der Waals surface area (Å²) in [4.78, 5) is 0. The first-order valence-corrected chi connectivity index (χ1v) is 1.62. The van der Waals surface area contributed by atoms with Gasteiger partial charge in [0.15, 0.2) is 0 Å². The molecule has 0 atom stereocenters. The molecule has 0 aromatic heterocycles.